The monoisotopic (exact) mass is 295 g/mol. The molecule has 1 aromatic carbocycles. The van der Waals surface area contributed by atoms with Gasteiger partial charge in [0.05, 0.1) is 14.2 Å². The van der Waals surface area contributed by atoms with Crippen LogP contribution in [-0.2, 0) is 12.1 Å². The zero-order valence-electron chi connectivity index (χ0n) is 13.5. The minimum absolute atomic E-state index is 0.465. The average Bonchev–Trinajstić information content (AvgIpc) is 2.46. The van der Waals surface area contributed by atoms with E-state index in [0.717, 1.165) is 18.5 Å². The molecule has 1 saturated heterocycles. The fourth-order valence-electron chi connectivity index (χ4n) is 2.96. The van der Waals surface area contributed by atoms with Gasteiger partial charge in [-0.1, -0.05) is 6.42 Å². The second kappa shape index (κ2) is 6.65. The largest absolute Gasteiger partial charge is 0.493 e. The molecule has 0 radical (unpaired) electrons. The summed E-state index contributed by atoms with van der Waals surface area (Å²) in [4.78, 5) is 0. The summed E-state index contributed by atoms with van der Waals surface area (Å²) in [7, 11) is 3.14. The van der Waals surface area contributed by atoms with E-state index in [0.29, 0.717) is 23.1 Å². The summed E-state index contributed by atoms with van der Waals surface area (Å²) in [5.74, 6) is 1.09. The lowest BCUT2D eigenvalue weighted by molar-refractivity contribution is 0.211. The summed E-state index contributed by atoms with van der Waals surface area (Å²) in [6.45, 7) is 4.17. The van der Waals surface area contributed by atoms with Gasteiger partial charge < -0.3 is 14.8 Å². The van der Waals surface area contributed by atoms with Crippen LogP contribution in [0.25, 0.3) is 0 Å². The van der Waals surface area contributed by atoms with Gasteiger partial charge in [-0.05, 0) is 57.4 Å². The van der Waals surface area contributed by atoms with E-state index in [1.54, 1.807) is 28.1 Å². The molecule has 1 aromatic rings. The molecule has 0 bridgehead atoms. The topological polar surface area (TPSA) is 30.5 Å². The number of benzene rings is 1. The Morgan fingerprint density at radius 3 is 2.52 bits per heavy atom. The molecule has 2 rings (SSSR count). The molecule has 1 N–H and O–H groups in total. The van der Waals surface area contributed by atoms with Crippen molar-refractivity contribution < 1.29 is 13.9 Å². The van der Waals surface area contributed by atoms with E-state index >= 15 is 0 Å². The van der Waals surface area contributed by atoms with Crippen LogP contribution in [-0.4, -0.2) is 26.8 Å². The predicted molar refractivity (Wildman–Crippen MR) is 83.0 cm³/mol. The van der Waals surface area contributed by atoms with E-state index in [-0.39, 0.29) is 0 Å². The molecule has 1 heterocycles. The van der Waals surface area contributed by atoms with E-state index in [9.17, 15) is 4.39 Å². The highest BCUT2D eigenvalue weighted by molar-refractivity contribution is 5.51. The van der Waals surface area contributed by atoms with Crippen molar-refractivity contribution in [2.24, 2.45) is 0 Å². The molecule has 3 nitrogen and oxygen atoms in total. The normalized spacial score (nSPS) is 19.4. The van der Waals surface area contributed by atoms with Crippen LogP contribution >= 0.6 is 0 Å². The molecule has 118 valence electrons. The van der Waals surface area contributed by atoms with Crippen LogP contribution in [0.1, 0.15) is 44.2 Å². The van der Waals surface area contributed by atoms with Crippen molar-refractivity contribution in [3.05, 3.63) is 23.3 Å². The highest BCUT2D eigenvalue weighted by atomic mass is 19.1. The van der Waals surface area contributed by atoms with Gasteiger partial charge in [0.1, 0.15) is 5.67 Å². The summed E-state index contributed by atoms with van der Waals surface area (Å²) in [6.07, 6.45) is 4.56. The van der Waals surface area contributed by atoms with Crippen molar-refractivity contribution in [3.8, 4) is 11.5 Å². The summed E-state index contributed by atoms with van der Waals surface area (Å²) >= 11 is 0. The minimum Gasteiger partial charge on any atom is -0.493 e. The third-order valence-electron chi connectivity index (χ3n) is 4.07. The summed E-state index contributed by atoms with van der Waals surface area (Å²) in [5, 5.41) is 3.53. The molecule has 0 aliphatic carbocycles. The van der Waals surface area contributed by atoms with E-state index in [1.807, 2.05) is 12.1 Å². The molecular weight excluding hydrogens is 269 g/mol. The van der Waals surface area contributed by atoms with Crippen LogP contribution in [0.15, 0.2) is 12.1 Å². The second-order valence-corrected chi connectivity index (χ2v) is 6.20. The van der Waals surface area contributed by atoms with Crippen LogP contribution in [0, 0.1) is 0 Å². The van der Waals surface area contributed by atoms with Gasteiger partial charge in [-0.15, -0.1) is 0 Å². The Morgan fingerprint density at radius 2 is 2.00 bits per heavy atom. The maximum absolute atomic E-state index is 14.5. The standard InChI is InChI=1S/C17H26FNO2/c1-17(2,18)14-10-12(9-13-7-5-6-8-19-13)11-15(20-3)16(14)21-4/h10-11,13,19H,5-9H2,1-4H3. The lowest BCUT2D eigenvalue weighted by atomic mass is 9.92. The first kappa shape index (κ1) is 16.1. The number of hydrogen-bond donors (Lipinski definition) is 1. The smallest absolute Gasteiger partial charge is 0.167 e. The predicted octanol–water partition coefficient (Wildman–Crippen LogP) is 3.59. The maximum Gasteiger partial charge on any atom is 0.167 e. The van der Waals surface area contributed by atoms with E-state index in [2.05, 4.69) is 5.32 Å². The van der Waals surface area contributed by atoms with Crippen molar-refractivity contribution in [2.75, 3.05) is 20.8 Å². The van der Waals surface area contributed by atoms with E-state index in [1.165, 1.54) is 19.3 Å². The van der Waals surface area contributed by atoms with E-state index in [4.69, 9.17) is 9.47 Å². The minimum atomic E-state index is -1.46. The molecule has 1 atom stereocenters. The van der Waals surface area contributed by atoms with Gasteiger partial charge in [-0.25, -0.2) is 4.39 Å². The van der Waals surface area contributed by atoms with Crippen LogP contribution in [0.4, 0.5) is 4.39 Å². The summed E-state index contributed by atoms with van der Waals surface area (Å²) < 4.78 is 25.2. The molecule has 0 aromatic heterocycles. The Labute approximate surface area is 126 Å². The Bertz CT molecular complexity index is 476. The average molecular weight is 295 g/mol. The summed E-state index contributed by atoms with van der Waals surface area (Å²) in [6, 6.07) is 4.34. The zero-order chi connectivity index (χ0) is 15.5. The number of nitrogens with one attached hydrogen (secondary N) is 1. The van der Waals surface area contributed by atoms with E-state index < -0.39 is 5.67 Å². The molecular formula is C17H26FNO2. The fourth-order valence-corrected chi connectivity index (χ4v) is 2.96. The number of halogens is 1. The van der Waals surface area contributed by atoms with Gasteiger partial charge in [-0.2, -0.15) is 0 Å². The summed E-state index contributed by atoms with van der Waals surface area (Å²) in [5.41, 5.74) is 0.178. The number of ether oxygens (including phenoxy) is 2. The maximum atomic E-state index is 14.5. The van der Waals surface area contributed by atoms with Gasteiger partial charge in [0.25, 0.3) is 0 Å². The van der Waals surface area contributed by atoms with Gasteiger partial charge >= 0.3 is 0 Å². The quantitative estimate of drug-likeness (QED) is 0.900. The van der Waals surface area contributed by atoms with Crippen LogP contribution in [0.5, 0.6) is 11.5 Å². The Balaban J connectivity index is 2.33. The highest BCUT2D eigenvalue weighted by Gasteiger charge is 2.27. The SMILES string of the molecule is COc1cc(CC2CCCCN2)cc(C(C)(C)F)c1OC. The number of rotatable bonds is 5. The van der Waals surface area contributed by atoms with Crippen LogP contribution in [0.3, 0.4) is 0 Å². The van der Waals surface area contributed by atoms with Gasteiger partial charge in [0.2, 0.25) is 0 Å². The molecule has 1 fully saturated rings. The molecule has 0 spiro atoms. The third-order valence-corrected chi connectivity index (χ3v) is 4.07. The Kier molecular flexibility index (Phi) is 5.09. The first-order chi connectivity index (χ1) is 9.95. The molecule has 1 aliphatic heterocycles. The lowest BCUT2D eigenvalue weighted by Crippen LogP contribution is -2.35. The molecule has 0 amide bonds. The van der Waals surface area contributed by atoms with Gasteiger partial charge in [0.15, 0.2) is 11.5 Å². The molecule has 0 saturated carbocycles. The fraction of sp³-hybridized carbons (Fsp3) is 0.647. The Hall–Kier alpha value is -1.29. The molecule has 21 heavy (non-hydrogen) atoms. The van der Waals surface area contributed by atoms with Gasteiger partial charge in [-0.3, -0.25) is 0 Å². The third kappa shape index (κ3) is 3.88. The van der Waals surface area contributed by atoms with Crippen LogP contribution in [0.2, 0.25) is 0 Å². The van der Waals surface area contributed by atoms with Crippen molar-refractivity contribution >= 4 is 0 Å². The molecule has 1 unspecified atom stereocenters. The number of methoxy groups -OCH3 is 2. The first-order valence-electron chi connectivity index (χ1n) is 7.63. The molecule has 4 heteroatoms. The second-order valence-electron chi connectivity index (χ2n) is 6.20. The van der Waals surface area contributed by atoms with Crippen LogP contribution < -0.4 is 14.8 Å². The number of alkyl halides is 1. The number of piperidine rings is 1. The first-order valence-corrected chi connectivity index (χ1v) is 7.63. The zero-order valence-corrected chi connectivity index (χ0v) is 13.5. The number of hydrogen-bond acceptors (Lipinski definition) is 3. The van der Waals surface area contributed by atoms with Crippen molar-refractivity contribution in [3.63, 3.8) is 0 Å². The highest BCUT2D eigenvalue weighted by Crippen LogP contribution is 2.40. The lowest BCUT2D eigenvalue weighted by Gasteiger charge is -2.26. The molecule has 1 aliphatic rings. The van der Waals surface area contributed by atoms with Crippen molar-refractivity contribution in [2.45, 2.75) is 51.2 Å². The van der Waals surface area contributed by atoms with Crippen molar-refractivity contribution in [1.29, 1.82) is 0 Å². The van der Waals surface area contributed by atoms with Crippen molar-refractivity contribution in [1.82, 2.24) is 5.32 Å². The Morgan fingerprint density at radius 1 is 1.24 bits per heavy atom. The van der Waals surface area contributed by atoms with Gasteiger partial charge in [0, 0.05) is 11.6 Å².